The summed E-state index contributed by atoms with van der Waals surface area (Å²) in [7, 11) is 0. The Morgan fingerprint density at radius 1 is 1.04 bits per heavy atom. The Balaban J connectivity index is 2.15. The molecule has 0 radical (unpaired) electrons. The van der Waals surface area contributed by atoms with Crippen molar-refractivity contribution in [2.75, 3.05) is 0 Å². The maximum absolute atomic E-state index is 12.4. The Kier molecular flexibility index (Phi) is 5.44. The fourth-order valence-corrected chi connectivity index (χ4v) is 2.05. The van der Waals surface area contributed by atoms with Crippen LogP contribution in [0.5, 0.6) is 17.2 Å². The summed E-state index contributed by atoms with van der Waals surface area (Å²) in [5, 5.41) is 19.8. The molecule has 0 aromatic heterocycles. The van der Waals surface area contributed by atoms with Crippen molar-refractivity contribution in [3.63, 3.8) is 0 Å². The minimum absolute atomic E-state index is 0.0143. The third kappa shape index (κ3) is 4.38. The summed E-state index contributed by atoms with van der Waals surface area (Å²) in [6.45, 7) is 6.50. The van der Waals surface area contributed by atoms with Crippen molar-refractivity contribution in [3.8, 4) is 17.2 Å². The summed E-state index contributed by atoms with van der Waals surface area (Å²) < 4.78 is 10.4. The molecule has 0 bridgehead atoms. The molecule has 0 spiro atoms. The number of carbonyl (C=O) groups excluding carboxylic acids is 2. The number of ketones is 1. The molecule has 25 heavy (non-hydrogen) atoms. The highest BCUT2D eigenvalue weighted by atomic mass is 16.7. The van der Waals surface area contributed by atoms with Crippen LogP contribution in [0.25, 0.3) is 0 Å². The third-order valence-corrected chi connectivity index (χ3v) is 3.29. The zero-order chi connectivity index (χ0) is 18.6. The fourth-order valence-electron chi connectivity index (χ4n) is 2.05. The Bertz CT molecular complexity index is 824. The van der Waals surface area contributed by atoms with Crippen LogP contribution in [0.1, 0.15) is 29.8 Å². The fraction of sp³-hybridized carbons (Fsp3) is 0.158. The number of phenols is 2. The molecule has 2 rings (SSSR count). The number of para-hydroxylation sites is 1. The number of rotatable bonds is 6. The molecular formula is C19H18O6. The van der Waals surface area contributed by atoms with Crippen LogP contribution in [0, 0.1) is 0 Å². The Hall–Kier alpha value is -3.28. The summed E-state index contributed by atoms with van der Waals surface area (Å²) in [6, 6.07) is 10.1. The van der Waals surface area contributed by atoms with Gasteiger partial charge in [0, 0.05) is 18.6 Å². The van der Waals surface area contributed by atoms with E-state index in [2.05, 4.69) is 6.58 Å². The largest absolute Gasteiger partial charge is 0.507 e. The third-order valence-electron chi connectivity index (χ3n) is 3.29. The van der Waals surface area contributed by atoms with Gasteiger partial charge >= 0.3 is 5.97 Å². The molecule has 2 aromatic carbocycles. The number of esters is 1. The van der Waals surface area contributed by atoms with Gasteiger partial charge in [0.1, 0.15) is 17.2 Å². The van der Waals surface area contributed by atoms with Crippen molar-refractivity contribution < 1.29 is 29.3 Å². The highest BCUT2D eigenvalue weighted by Gasteiger charge is 2.18. The van der Waals surface area contributed by atoms with Crippen LogP contribution in [0.2, 0.25) is 0 Å². The van der Waals surface area contributed by atoms with E-state index in [0.717, 1.165) is 0 Å². The van der Waals surface area contributed by atoms with Crippen molar-refractivity contribution in [1.82, 2.24) is 0 Å². The average molecular weight is 342 g/mol. The minimum Gasteiger partial charge on any atom is -0.507 e. The smallest absolute Gasteiger partial charge is 0.336 e. The summed E-state index contributed by atoms with van der Waals surface area (Å²) in [5.74, 6) is -1.39. The van der Waals surface area contributed by atoms with Gasteiger partial charge < -0.3 is 19.7 Å². The van der Waals surface area contributed by atoms with E-state index in [4.69, 9.17) is 9.47 Å². The van der Waals surface area contributed by atoms with E-state index in [-0.39, 0.29) is 33.9 Å². The molecule has 2 N–H and O–H groups in total. The maximum atomic E-state index is 12.4. The number of phenolic OH excluding ortho intramolecular Hbond substituents is 2. The maximum Gasteiger partial charge on any atom is 0.336 e. The van der Waals surface area contributed by atoms with Gasteiger partial charge in [-0.3, -0.25) is 4.79 Å². The van der Waals surface area contributed by atoms with Crippen LogP contribution in [-0.2, 0) is 9.53 Å². The second-order valence-electron chi connectivity index (χ2n) is 5.40. The first-order valence-electron chi connectivity index (χ1n) is 7.48. The van der Waals surface area contributed by atoms with Gasteiger partial charge in [0.05, 0.1) is 11.1 Å². The Labute approximate surface area is 144 Å². The molecule has 0 heterocycles. The average Bonchev–Trinajstić information content (AvgIpc) is 2.54. The van der Waals surface area contributed by atoms with Gasteiger partial charge in [0.25, 0.3) is 0 Å². The number of hydrogen-bond donors (Lipinski definition) is 2. The highest BCUT2D eigenvalue weighted by molar-refractivity contribution is 6.12. The zero-order valence-electron chi connectivity index (χ0n) is 13.9. The van der Waals surface area contributed by atoms with Gasteiger partial charge in [0.2, 0.25) is 6.29 Å². The SMILES string of the molecule is C=C(C)C(=O)OC(C)Oc1ccc(C(=O)c2ccccc2O)c(O)c1. The van der Waals surface area contributed by atoms with E-state index in [9.17, 15) is 19.8 Å². The number of benzene rings is 2. The van der Waals surface area contributed by atoms with E-state index < -0.39 is 18.0 Å². The van der Waals surface area contributed by atoms with Gasteiger partial charge in [-0.25, -0.2) is 4.79 Å². The van der Waals surface area contributed by atoms with Crippen molar-refractivity contribution in [1.29, 1.82) is 0 Å². The van der Waals surface area contributed by atoms with Crippen LogP contribution >= 0.6 is 0 Å². The lowest BCUT2D eigenvalue weighted by molar-refractivity contribution is -0.156. The second kappa shape index (κ2) is 7.53. The molecule has 0 saturated carbocycles. The van der Waals surface area contributed by atoms with Crippen LogP contribution in [-0.4, -0.2) is 28.3 Å². The molecule has 130 valence electrons. The second-order valence-corrected chi connectivity index (χ2v) is 5.40. The van der Waals surface area contributed by atoms with Gasteiger partial charge in [-0.05, 0) is 31.2 Å². The molecule has 1 atom stereocenters. The van der Waals surface area contributed by atoms with Gasteiger partial charge in [0.15, 0.2) is 5.78 Å². The minimum atomic E-state index is -0.900. The molecule has 6 nitrogen and oxygen atoms in total. The molecule has 0 aliphatic carbocycles. The molecule has 0 fully saturated rings. The molecule has 6 heteroatoms. The molecule has 2 aromatic rings. The first-order valence-corrected chi connectivity index (χ1v) is 7.48. The van der Waals surface area contributed by atoms with Gasteiger partial charge in [-0.2, -0.15) is 0 Å². The van der Waals surface area contributed by atoms with Crippen molar-refractivity contribution in [3.05, 3.63) is 65.7 Å². The van der Waals surface area contributed by atoms with Crippen molar-refractivity contribution >= 4 is 11.8 Å². The van der Waals surface area contributed by atoms with Crippen LogP contribution in [0.15, 0.2) is 54.6 Å². The van der Waals surface area contributed by atoms with E-state index in [1.165, 1.54) is 44.2 Å². The predicted molar refractivity (Wildman–Crippen MR) is 90.6 cm³/mol. The van der Waals surface area contributed by atoms with Crippen LogP contribution in [0.4, 0.5) is 0 Å². The normalized spacial score (nSPS) is 11.4. The lowest BCUT2D eigenvalue weighted by atomic mass is 10.0. The summed E-state index contributed by atoms with van der Waals surface area (Å²) >= 11 is 0. The van der Waals surface area contributed by atoms with Crippen molar-refractivity contribution in [2.24, 2.45) is 0 Å². The molecule has 1 unspecified atom stereocenters. The molecule has 0 amide bonds. The topological polar surface area (TPSA) is 93.1 Å². The number of carbonyl (C=O) groups is 2. The Morgan fingerprint density at radius 3 is 2.28 bits per heavy atom. The van der Waals surface area contributed by atoms with Crippen molar-refractivity contribution in [2.45, 2.75) is 20.1 Å². The van der Waals surface area contributed by atoms with Crippen LogP contribution < -0.4 is 4.74 Å². The Morgan fingerprint density at radius 2 is 1.68 bits per heavy atom. The predicted octanol–water partition coefficient (Wildman–Crippen LogP) is 3.17. The molecular weight excluding hydrogens is 324 g/mol. The van der Waals surface area contributed by atoms with Gasteiger partial charge in [-0.15, -0.1) is 0 Å². The monoisotopic (exact) mass is 342 g/mol. The van der Waals surface area contributed by atoms with E-state index >= 15 is 0 Å². The lowest BCUT2D eigenvalue weighted by Gasteiger charge is -2.16. The summed E-state index contributed by atoms with van der Waals surface area (Å²) in [4.78, 5) is 23.8. The van der Waals surface area contributed by atoms with E-state index in [1.807, 2.05) is 0 Å². The molecule has 0 saturated heterocycles. The number of hydrogen-bond acceptors (Lipinski definition) is 6. The first kappa shape index (κ1) is 18.1. The highest BCUT2D eigenvalue weighted by Crippen LogP contribution is 2.29. The number of aromatic hydroxyl groups is 2. The van der Waals surface area contributed by atoms with E-state index in [0.29, 0.717) is 0 Å². The molecule has 0 aliphatic rings. The molecule has 0 aliphatic heterocycles. The lowest BCUT2D eigenvalue weighted by Crippen LogP contribution is -2.21. The summed E-state index contributed by atoms with van der Waals surface area (Å²) in [5.41, 5.74) is 0.331. The standard InChI is InChI=1S/C19H18O6/c1-11(2)19(23)25-12(3)24-13-8-9-15(17(21)10-13)18(22)14-6-4-5-7-16(14)20/h4-10,12,20-21H,1H2,2-3H3. The zero-order valence-corrected chi connectivity index (χ0v) is 13.9. The van der Waals surface area contributed by atoms with Gasteiger partial charge in [-0.1, -0.05) is 18.7 Å². The first-order chi connectivity index (χ1) is 11.8. The number of ether oxygens (including phenoxy) is 2. The summed E-state index contributed by atoms with van der Waals surface area (Å²) in [6.07, 6.45) is -0.900. The quantitative estimate of drug-likeness (QED) is 0.362. The van der Waals surface area contributed by atoms with E-state index in [1.54, 1.807) is 12.1 Å². The van der Waals surface area contributed by atoms with Crippen LogP contribution in [0.3, 0.4) is 0 Å².